The number of benzene rings is 1. The third kappa shape index (κ3) is 5.88. The van der Waals surface area contributed by atoms with Crippen molar-refractivity contribution in [3.8, 4) is 0 Å². The lowest BCUT2D eigenvalue weighted by atomic mass is 10.1. The number of nitrogens with two attached hydrogens (primary N) is 1. The predicted molar refractivity (Wildman–Crippen MR) is 118 cm³/mol. The number of nitrogens with one attached hydrogen (secondary N) is 2. The number of halogens is 3. The fraction of sp³-hybridized carbons (Fsp3) is 0.286. The molecule has 5 N–H and O–H groups in total. The Morgan fingerprint density at radius 3 is 2.15 bits per heavy atom. The maximum atomic E-state index is 12.5. The second-order valence-corrected chi connectivity index (χ2v) is 8.05. The van der Waals surface area contributed by atoms with Crippen LogP contribution in [0.5, 0.6) is 0 Å². The zero-order chi connectivity index (χ0) is 20.0. The minimum atomic E-state index is -1.05. The second kappa shape index (κ2) is 10.5. The van der Waals surface area contributed by atoms with Crippen LogP contribution in [0.25, 0.3) is 0 Å². The number of carbonyl (C=O) groups excluding carboxylic acids is 3. The molecule has 0 atom stereocenters. The molecule has 0 aliphatic heterocycles. The summed E-state index contributed by atoms with van der Waals surface area (Å²) in [6, 6.07) is 0. The van der Waals surface area contributed by atoms with E-state index in [9.17, 15) is 19.2 Å². The van der Waals surface area contributed by atoms with Crippen molar-refractivity contribution >= 4 is 97.2 Å². The van der Waals surface area contributed by atoms with Gasteiger partial charge in [0.25, 0.3) is 11.8 Å². The van der Waals surface area contributed by atoms with E-state index in [-0.39, 0.29) is 36.4 Å². The SMILES string of the molecule is COCC(=O)Nc1c(I)c(C(N)=O)c(I)c(C(=O)NCCC(=O)O)c1I. The Morgan fingerprint density at radius 1 is 1.08 bits per heavy atom. The summed E-state index contributed by atoms with van der Waals surface area (Å²) >= 11 is 5.58. The summed E-state index contributed by atoms with van der Waals surface area (Å²) in [6.45, 7) is -0.284. The highest BCUT2D eigenvalue weighted by atomic mass is 127. The molecule has 1 rings (SSSR count). The Kier molecular flexibility index (Phi) is 9.45. The lowest BCUT2D eigenvalue weighted by molar-refractivity contribution is -0.136. The van der Waals surface area contributed by atoms with Crippen molar-refractivity contribution < 1.29 is 29.0 Å². The van der Waals surface area contributed by atoms with Gasteiger partial charge >= 0.3 is 5.97 Å². The Morgan fingerprint density at radius 2 is 1.65 bits per heavy atom. The zero-order valence-electron chi connectivity index (χ0n) is 13.3. The quantitative estimate of drug-likeness (QED) is 0.302. The maximum Gasteiger partial charge on any atom is 0.305 e. The van der Waals surface area contributed by atoms with Crippen molar-refractivity contribution in [3.63, 3.8) is 0 Å². The van der Waals surface area contributed by atoms with Crippen molar-refractivity contribution in [1.29, 1.82) is 0 Å². The summed E-state index contributed by atoms with van der Waals surface area (Å²) < 4.78 is 5.89. The Hall–Kier alpha value is -0.750. The van der Waals surface area contributed by atoms with E-state index in [2.05, 4.69) is 10.6 Å². The lowest BCUT2D eigenvalue weighted by Gasteiger charge is -2.18. The molecule has 1 aromatic carbocycles. The molecule has 0 radical (unpaired) electrons. The maximum absolute atomic E-state index is 12.5. The highest BCUT2D eigenvalue weighted by Crippen LogP contribution is 2.35. The first-order valence-corrected chi connectivity index (χ1v) is 10.1. The number of rotatable bonds is 8. The summed E-state index contributed by atoms with van der Waals surface area (Å²) in [4.78, 5) is 46.9. The topological polar surface area (TPSA) is 148 Å². The minimum absolute atomic E-state index is 0.0798. The van der Waals surface area contributed by atoms with E-state index >= 15 is 0 Å². The molecule has 142 valence electrons. The van der Waals surface area contributed by atoms with Gasteiger partial charge in [0.05, 0.1) is 30.4 Å². The lowest BCUT2D eigenvalue weighted by Crippen LogP contribution is -2.30. The van der Waals surface area contributed by atoms with Gasteiger partial charge in [-0.1, -0.05) is 0 Å². The first kappa shape index (κ1) is 23.3. The summed E-state index contributed by atoms with van der Waals surface area (Å²) in [5, 5.41) is 13.8. The molecule has 0 aliphatic carbocycles. The summed E-state index contributed by atoms with van der Waals surface area (Å²) in [5.74, 6) is -2.84. The van der Waals surface area contributed by atoms with Gasteiger partial charge in [0.1, 0.15) is 6.61 Å². The molecule has 3 amide bonds. The molecule has 0 heterocycles. The highest BCUT2D eigenvalue weighted by Gasteiger charge is 2.27. The Balaban J connectivity index is 3.42. The number of amides is 3. The molecule has 26 heavy (non-hydrogen) atoms. The number of carboxylic acids is 1. The second-order valence-electron chi connectivity index (χ2n) is 4.81. The van der Waals surface area contributed by atoms with Crippen LogP contribution < -0.4 is 16.4 Å². The van der Waals surface area contributed by atoms with Gasteiger partial charge in [-0.3, -0.25) is 19.2 Å². The van der Waals surface area contributed by atoms with E-state index in [4.69, 9.17) is 15.6 Å². The summed E-state index contributed by atoms with van der Waals surface area (Å²) in [7, 11) is 1.36. The van der Waals surface area contributed by atoms with Crippen LogP contribution in [-0.4, -0.2) is 49.1 Å². The molecule has 0 saturated heterocycles. The number of ether oxygens (including phenoxy) is 1. The average molecular weight is 701 g/mol. The van der Waals surface area contributed by atoms with Gasteiger partial charge < -0.3 is 26.2 Å². The number of primary amides is 1. The number of anilines is 1. The van der Waals surface area contributed by atoms with Gasteiger partial charge in [0.15, 0.2) is 0 Å². The van der Waals surface area contributed by atoms with E-state index in [1.807, 2.05) is 67.8 Å². The number of aliphatic carboxylic acids is 1. The van der Waals surface area contributed by atoms with Gasteiger partial charge in [0.2, 0.25) is 5.91 Å². The Labute approximate surface area is 189 Å². The van der Waals surface area contributed by atoms with E-state index in [0.717, 1.165) is 0 Å². The fourth-order valence-electron chi connectivity index (χ4n) is 1.87. The average Bonchev–Trinajstić information content (AvgIpc) is 2.51. The molecule has 12 heteroatoms. The minimum Gasteiger partial charge on any atom is -0.481 e. The number of methoxy groups -OCH3 is 1. The molecular weight excluding hydrogens is 687 g/mol. The van der Waals surface area contributed by atoms with Crippen molar-refractivity contribution in [3.05, 3.63) is 21.8 Å². The van der Waals surface area contributed by atoms with Crippen molar-refractivity contribution in [2.45, 2.75) is 6.42 Å². The van der Waals surface area contributed by atoms with Crippen LogP contribution in [0.15, 0.2) is 0 Å². The Bertz CT molecular complexity index is 769. The van der Waals surface area contributed by atoms with Crippen molar-refractivity contribution in [2.75, 3.05) is 25.6 Å². The van der Waals surface area contributed by atoms with Gasteiger partial charge in [0, 0.05) is 17.2 Å². The van der Waals surface area contributed by atoms with Gasteiger partial charge in [-0.25, -0.2) is 0 Å². The van der Waals surface area contributed by atoms with Crippen LogP contribution in [0.4, 0.5) is 5.69 Å². The number of hydrogen-bond donors (Lipinski definition) is 4. The molecule has 0 spiro atoms. The number of hydrogen-bond acceptors (Lipinski definition) is 5. The molecule has 0 saturated carbocycles. The largest absolute Gasteiger partial charge is 0.481 e. The van der Waals surface area contributed by atoms with E-state index in [1.165, 1.54) is 7.11 Å². The van der Waals surface area contributed by atoms with E-state index in [1.54, 1.807) is 0 Å². The molecule has 0 bridgehead atoms. The van der Waals surface area contributed by atoms with Crippen LogP contribution in [0, 0.1) is 10.7 Å². The third-order valence-electron chi connectivity index (χ3n) is 2.95. The van der Waals surface area contributed by atoms with Crippen LogP contribution in [0.3, 0.4) is 0 Å². The van der Waals surface area contributed by atoms with Crippen molar-refractivity contribution in [1.82, 2.24) is 5.32 Å². The first-order valence-electron chi connectivity index (χ1n) is 6.90. The van der Waals surface area contributed by atoms with Crippen molar-refractivity contribution in [2.24, 2.45) is 5.73 Å². The zero-order valence-corrected chi connectivity index (χ0v) is 19.8. The standard InChI is InChI=1S/C14H14I3N3O6/c1-26-4-5(21)20-12-10(16)7(13(18)24)9(15)8(11(12)17)14(25)19-3-2-6(22)23/h2-4H2,1H3,(H2,18,24)(H,19,25)(H,20,21)(H,22,23). The number of carboxylic acid groups (broad SMARTS) is 1. The summed E-state index contributed by atoms with van der Waals surface area (Å²) in [5.41, 5.74) is 5.94. The van der Waals surface area contributed by atoms with Crippen LogP contribution in [-0.2, 0) is 14.3 Å². The molecule has 9 nitrogen and oxygen atoms in total. The van der Waals surface area contributed by atoms with E-state index < -0.39 is 23.7 Å². The summed E-state index contributed by atoms with van der Waals surface area (Å²) in [6.07, 6.45) is -0.247. The van der Waals surface area contributed by atoms with Gasteiger partial charge in [-0.15, -0.1) is 0 Å². The molecular formula is C14H14I3N3O6. The molecule has 0 fully saturated rings. The molecule has 0 aromatic heterocycles. The van der Waals surface area contributed by atoms with Crippen LogP contribution in [0.1, 0.15) is 27.1 Å². The first-order chi connectivity index (χ1) is 12.1. The third-order valence-corrected chi connectivity index (χ3v) is 6.19. The van der Waals surface area contributed by atoms with Crippen LogP contribution in [0.2, 0.25) is 0 Å². The molecule has 0 unspecified atom stereocenters. The highest BCUT2D eigenvalue weighted by molar-refractivity contribution is 14.1. The van der Waals surface area contributed by atoms with Gasteiger partial charge in [-0.2, -0.15) is 0 Å². The normalized spacial score (nSPS) is 10.3. The molecule has 1 aromatic rings. The van der Waals surface area contributed by atoms with E-state index in [0.29, 0.717) is 10.7 Å². The number of carbonyl (C=O) groups is 4. The van der Waals surface area contributed by atoms with Crippen LogP contribution >= 0.6 is 67.8 Å². The smallest absolute Gasteiger partial charge is 0.305 e. The predicted octanol–water partition coefficient (Wildman–Crippen LogP) is 1.39. The fourth-order valence-corrected chi connectivity index (χ4v) is 6.32. The molecule has 0 aliphatic rings. The monoisotopic (exact) mass is 701 g/mol. The van der Waals surface area contributed by atoms with Gasteiger partial charge in [-0.05, 0) is 67.8 Å².